The Balaban J connectivity index is 2.25. The summed E-state index contributed by atoms with van der Waals surface area (Å²) in [4.78, 5) is 8.85. The van der Waals surface area contributed by atoms with Crippen molar-refractivity contribution in [3.8, 4) is 5.75 Å². The summed E-state index contributed by atoms with van der Waals surface area (Å²) in [5, 5.41) is 3.20. The van der Waals surface area contributed by atoms with Crippen molar-refractivity contribution < 1.29 is 4.74 Å². The first-order valence-corrected chi connectivity index (χ1v) is 6.91. The van der Waals surface area contributed by atoms with Gasteiger partial charge in [-0.1, -0.05) is 18.2 Å². The Morgan fingerprint density at radius 1 is 1.32 bits per heavy atom. The number of halogens is 1. The van der Waals surface area contributed by atoms with E-state index in [0.29, 0.717) is 6.42 Å². The van der Waals surface area contributed by atoms with Gasteiger partial charge < -0.3 is 10.1 Å². The molecule has 0 unspecified atom stereocenters. The zero-order chi connectivity index (χ0) is 13.7. The Labute approximate surface area is 121 Å². The van der Waals surface area contributed by atoms with E-state index in [2.05, 4.69) is 31.2 Å². The number of ether oxygens (including phenoxy) is 1. The van der Waals surface area contributed by atoms with Gasteiger partial charge in [-0.15, -0.1) is 0 Å². The molecule has 0 aliphatic heterocycles. The second-order valence-corrected chi connectivity index (χ2v) is 4.86. The summed E-state index contributed by atoms with van der Waals surface area (Å²) in [6.07, 6.45) is 2.42. The SMILES string of the molecule is CCNc1nc(Cc2ccccc2OC)ncc1Br. The summed E-state index contributed by atoms with van der Waals surface area (Å²) >= 11 is 3.43. The maximum absolute atomic E-state index is 5.34. The lowest BCUT2D eigenvalue weighted by Crippen LogP contribution is -2.05. The quantitative estimate of drug-likeness (QED) is 0.918. The molecule has 1 N–H and O–H groups in total. The Kier molecular flexibility index (Phi) is 4.74. The number of anilines is 1. The highest BCUT2D eigenvalue weighted by Crippen LogP contribution is 2.22. The van der Waals surface area contributed by atoms with Crippen molar-refractivity contribution in [1.29, 1.82) is 0 Å². The third-order valence-corrected chi connectivity index (χ3v) is 3.26. The molecule has 5 heteroatoms. The number of para-hydroxylation sites is 1. The molecule has 0 amide bonds. The molecule has 2 aromatic rings. The molecule has 0 aliphatic rings. The van der Waals surface area contributed by atoms with Gasteiger partial charge in [-0.25, -0.2) is 9.97 Å². The number of benzene rings is 1. The zero-order valence-corrected chi connectivity index (χ0v) is 12.6. The van der Waals surface area contributed by atoms with Crippen LogP contribution in [0.2, 0.25) is 0 Å². The number of nitrogens with one attached hydrogen (secondary N) is 1. The van der Waals surface area contributed by atoms with Crippen LogP contribution in [0.5, 0.6) is 5.75 Å². The average Bonchev–Trinajstić information content (AvgIpc) is 2.43. The van der Waals surface area contributed by atoms with Crippen LogP contribution in [0.4, 0.5) is 5.82 Å². The normalized spacial score (nSPS) is 10.3. The number of aromatic nitrogens is 2. The fourth-order valence-electron chi connectivity index (χ4n) is 1.80. The molecule has 1 aromatic heterocycles. The second-order valence-electron chi connectivity index (χ2n) is 4.00. The minimum Gasteiger partial charge on any atom is -0.496 e. The molecular weight excluding hydrogens is 306 g/mol. The van der Waals surface area contributed by atoms with Crippen molar-refractivity contribution in [3.05, 3.63) is 46.3 Å². The monoisotopic (exact) mass is 321 g/mol. The Morgan fingerprint density at radius 2 is 2.11 bits per heavy atom. The largest absolute Gasteiger partial charge is 0.496 e. The van der Waals surface area contributed by atoms with Crippen LogP contribution >= 0.6 is 15.9 Å². The van der Waals surface area contributed by atoms with Gasteiger partial charge in [0.05, 0.1) is 11.6 Å². The van der Waals surface area contributed by atoms with Crippen LogP contribution in [0.3, 0.4) is 0 Å². The molecule has 0 saturated heterocycles. The Morgan fingerprint density at radius 3 is 2.84 bits per heavy atom. The van der Waals surface area contributed by atoms with E-state index in [1.54, 1.807) is 13.3 Å². The highest BCUT2D eigenvalue weighted by atomic mass is 79.9. The number of nitrogens with zero attached hydrogens (tertiary/aromatic N) is 2. The van der Waals surface area contributed by atoms with E-state index in [0.717, 1.165) is 34.0 Å². The number of methoxy groups -OCH3 is 1. The molecule has 2 rings (SSSR count). The number of hydrogen-bond acceptors (Lipinski definition) is 4. The Bertz CT molecular complexity index is 560. The molecule has 0 atom stereocenters. The third-order valence-electron chi connectivity index (χ3n) is 2.68. The fourth-order valence-corrected chi connectivity index (χ4v) is 2.13. The van der Waals surface area contributed by atoms with Crippen LogP contribution in [0, 0.1) is 0 Å². The number of rotatable bonds is 5. The predicted octanol–water partition coefficient (Wildman–Crippen LogP) is 3.27. The highest BCUT2D eigenvalue weighted by molar-refractivity contribution is 9.10. The van der Waals surface area contributed by atoms with Gasteiger partial charge in [0.15, 0.2) is 0 Å². The van der Waals surface area contributed by atoms with E-state index >= 15 is 0 Å². The summed E-state index contributed by atoms with van der Waals surface area (Å²) in [6.45, 7) is 2.86. The lowest BCUT2D eigenvalue weighted by molar-refractivity contribution is 0.410. The first-order valence-electron chi connectivity index (χ1n) is 6.11. The van der Waals surface area contributed by atoms with E-state index in [1.165, 1.54) is 0 Å². The summed E-state index contributed by atoms with van der Waals surface area (Å²) in [6, 6.07) is 7.91. The molecule has 0 spiro atoms. The molecule has 0 aliphatic carbocycles. The second kappa shape index (κ2) is 6.52. The molecule has 100 valence electrons. The summed E-state index contributed by atoms with van der Waals surface area (Å²) in [7, 11) is 1.67. The summed E-state index contributed by atoms with van der Waals surface area (Å²) in [5.74, 6) is 2.45. The predicted molar refractivity (Wildman–Crippen MR) is 79.7 cm³/mol. The molecule has 0 fully saturated rings. The van der Waals surface area contributed by atoms with E-state index in [9.17, 15) is 0 Å². The van der Waals surface area contributed by atoms with E-state index in [-0.39, 0.29) is 0 Å². The third kappa shape index (κ3) is 3.44. The van der Waals surface area contributed by atoms with Gasteiger partial charge in [0.1, 0.15) is 17.4 Å². The van der Waals surface area contributed by atoms with Crippen LogP contribution in [-0.4, -0.2) is 23.6 Å². The minimum absolute atomic E-state index is 0.648. The van der Waals surface area contributed by atoms with E-state index in [4.69, 9.17) is 4.74 Å². The van der Waals surface area contributed by atoms with Gasteiger partial charge in [-0.2, -0.15) is 0 Å². The van der Waals surface area contributed by atoms with Gasteiger partial charge in [0, 0.05) is 24.7 Å². The molecule has 1 aromatic carbocycles. The van der Waals surface area contributed by atoms with Crippen molar-refractivity contribution in [2.45, 2.75) is 13.3 Å². The van der Waals surface area contributed by atoms with Crippen molar-refractivity contribution in [2.24, 2.45) is 0 Å². The van der Waals surface area contributed by atoms with Crippen LogP contribution < -0.4 is 10.1 Å². The molecule has 0 radical (unpaired) electrons. The topological polar surface area (TPSA) is 47.0 Å². The smallest absolute Gasteiger partial charge is 0.144 e. The number of hydrogen-bond donors (Lipinski definition) is 1. The van der Waals surface area contributed by atoms with Gasteiger partial charge in [-0.05, 0) is 28.9 Å². The summed E-state index contributed by atoms with van der Waals surface area (Å²) in [5.41, 5.74) is 1.08. The van der Waals surface area contributed by atoms with Crippen LogP contribution in [-0.2, 0) is 6.42 Å². The van der Waals surface area contributed by atoms with Gasteiger partial charge >= 0.3 is 0 Å². The van der Waals surface area contributed by atoms with Gasteiger partial charge in [-0.3, -0.25) is 0 Å². The molecule has 0 bridgehead atoms. The fraction of sp³-hybridized carbons (Fsp3) is 0.286. The molecule has 19 heavy (non-hydrogen) atoms. The first kappa shape index (κ1) is 13.8. The van der Waals surface area contributed by atoms with Crippen molar-refractivity contribution >= 4 is 21.7 Å². The average molecular weight is 322 g/mol. The molecular formula is C14H16BrN3O. The van der Waals surface area contributed by atoms with Crippen LogP contribution in [0.25, 0.3) is 0 Å². The maximum Gasteiger partial charge on any atom is 0.144 e. The van der Waals surface area contributed by atoms with Crippen molar-refractivity contribution in [1.82, 2.24) is 9.97 Å². The minimum atomic E-state index is 0.648. The zero-order valence-electron chi connectivity index (χ0n) is 11.0. The highest BCUT2D eigenvalue weighted by Gasteiger charge is 2.08. The molecule has 0 saturated carbocycles. The van der Waals surface area contributed by atoms with E-state index in [1.807, 2.05) is 31.2 Å². The van der Waals surface area contributed by atoms with Gasteiger partial charge in [0.2, 0.25) is 0 Å². The first-order chi connectivity index (χ1) is 9.24. The summed E-state index contributed by atoms with van der Waals surface area (Å²) < 4.78 is 6.21. The van der Waals surface area contributed by atoms with Crippen molar-refractivity contribution in [2.75, 3.05) is 19.0 Å². The van der Waals surface area contributed by atoms with Crippen LogP contribution in [0.1, 0.15) is 18.3 Å². The molecule has 4 nitrogen and oxygen atoms in total. The Hall–Kier alpha value is -1.62. The van der Waals surface area contributed by atoms with Crippen LogP contribution in [0.15, 0.2) is 34.9 Å². The lowest BCUT2D eigenvalue weighted by Gasteiger charge is -2.09. The lowest BCUT2D eigenvalue weighted by atomic mass is 10.1. The molecule has 1 heterocycles. The van der Waals surface area contributed by atoms with Crippen molar-refractivity contribution in [3.63, 3.8) is 0 Å². The maximum atomic E-state index is 5.34. The van der Waals surface area contributed by atoms with E-state index < -0.39 is 0 Å². The van der Waals surface area contributed by atoms with Gasteiger partial charge in [0.25, 0.3) is 0 Å². The standard InChI is InChI=1S/C14H16BrN3O/c1-3-16-14-11(15)9-17-13(18-14)8-10-6-4-5-7-12(10)19-2/h4-7,9H,3,8H2,1-2H3,(H,16,17,18).